The standard InChI is InChI=1S/C22H37N5O2.HI/c1-23-22(24-18-19-7-9-25(10-8-19)15-16-28-2)27-13-11-26(12-14-27)20-5-4-6-21(17-20)29-3;/h4-6,17,19H,7-16,18H2,1-3H3,(H,23,24);1H. The highest BCUT2D eigenvalue weighted by atomic mass is 127. The van der Waals surface area contributed by atoms with Crippen LogP contribution in [-0.2, 0) is 4.74 Å². The van der Waals surface area contributed by atoms with Crippen LogP contribution in [0.1, 0.15) is 12.8 Å². The van der Waals surface area contributed by atoms with Crippen LogP contribution in [0.15, 0.2) is 29.3 Å². The number of piperazine rings is 1. The van der Waals surface area contributed by atoms with Gasteiger partial charge in [0.2, 0.25) is 0 Å². The molecule has 2 fully saturated rings. The van der Waals surface area contributed by atoms with E-state index < -0.39 is 0 Å². The van der Waals surface area contributed by atoms with Gasteiger partial charge in [-0.3, -0.25) is 4.99 Å². The number of anilines is 1. The van der Waals surface area contributed by atoms with E-state index in [0.717, 1.165) is 63.5 Å². The number of rotatable bonds is 7. The summed E-state index contributed by atoms with van der Waals surface area (Å²) in [6, 6.07) is 8.32. The lowest BCUT2D eigenvalue weighted by Gasteiger charge is -2.38. The summed E-state index contributed by atoms with van der Waals surface area (Å²) in [4.78, 5) is 11.8. The Kier molecular flexibility index (Phi) is 11.0. The molecule has 7 nitrogen and oxygen atoms in total. The number of piperidine rings is 1. The van der Waals surface area contributed by atoms with Crippen LogP contribution in [0, 0.1) is 5.92 Å². The quantitative estimate of drug-likeness (QED) is 0.332. The van der Waals surface area contributed by atoms with Gasteiger partial charge in [-0.1, -0.05) is 6.07 Å². The molecule has 0 aromatic heterocycles. The van der Waals surface area contributed by atoms with E-state index in [9.17, 15) is 0 Å². The smallest absolute Gasteiger partial charge is 0.193 e. The van der Waals surface area contributed by atoms with Gasteiger partial charge in [-0.15, -0.1) is 24.0 Å². The second-order valence-electron chi connectivity index (χ2n) is 7.88. The van der Waals surface area contributed by atoms with Crippen LogP contribution in [0.3, 0.4) is 0 Å². The second-order valence-corrected chi connectivity index (χ2v) is 7.88. The Morgan fingerprint density at radius 3 is 2.47 bits per heavy atom. The first-order valence-corrected chi connectivity index (χ1v) is 10.8. The number of hydrogen-bond donors (Lipinski definition) is 1. The van der Waals surface area contributed by atoms with E-state index in [0.29, 0.717) is 0 Å². The predicted molar refractivity (Wildman–Crippen MR) is 135 cm³/mol. The number of ether oxygens (including phenoxy) is 2. The highest BCUT2D eigenvalue weighted by molar-refractivity contribution is 14.0. The molecule has 0 radical (unpaired) electrons. The van der Waals surface area contributed by atoms with Gasteiger partial charge < -0.3 is 29.5 Å². The first-order valence-electron chi connectivity index (χ1n) is 10.8. The first kappa shape index (κ1) is 25.0. The van der Waals surface area contributed by atoms with Crippen molar-refractivity contribution in [1.82, 2.24) is 15.1 Å². The molecule has 0 aliphatic carbocycles. The third-order valence-electron chi connectivity index (χ3n) is 6.08. The molecule has 0 saturated carbocycles. The van der Waals surface area contributed by atoms with Crippen molar-refractivity contribution in [1.29, 1.82) is 0 Å². The average molecular weight is 531 g/mol. The van der Waals surface area contributed by atoms with Gasteiger partial charge in [0.1, 0.15) is 5.75 Å². The van der Waals surface area contributed by atoms with E-state index >= 15 is 0 Å². The van der Waals surface area contributed by atoms with Crippen molar-refractivity contribution < 1.29 is 9.47 Å². The van der Waals surface area contributed by atoms with Crippen LogP contribution >= 0.6 is 24.0 Å². The summed E-state index contributed by atoms with van der Waals surface area (Å²) in [5, 5.41) is 3.63. The first-order chi connectivity index (χ1) is 14.2. The van der Waals surface area contributed by atoms with E-state index in [1.807, 2.05) is 13.1 Å². The Labute approximate surface area is 198 Å². The van der Waals surface area contributed by atoms with E-state index in [1.54, 1.807) is 14.2 Å². The van der Waals surface area contributed by atoms with Gasteiger partial charge in [0.15, 0.2) is 5.96 Å². The molecule has 3 rings (SSSR count). The molecule has 1 aromatic rings. The van der Waals surface area contributed by atoms with Crippen molar-refractivity contribution >= 4 is 35.6 Å². The average Bonchev–Trinajstić information content (AvgIpc) is 2.79. The maximum atomic E-state index is 5.36. The van der Waals surface area contributed by atoms with Crippen LogP contribution in [-0.4, -0.2) is 96.0 Å². The number of halogens is 1. The Balaban J connectivity index is 0.00000320. The van der Waals surface area contributed by atoms with E-state index in [1.165, 1.54) is 31.6 Å². The van der Waals surface area contributed by atoms with E-state index in [-0.39, 0.29) is 24.0 Å². The van der Waals surface area contributed by atoms with Crippen LogP contribution in [0.5, 0.6) is 5.75 Å². The topological polar surface area (TPSA) is 52.6 Å². The lowest BCUT2D eigenvalue weighted by molar-refractivity contribution is 0.120. The fraction of sp³-hybridized carbons (Fsp3) is 0.682. The van der Waals surface area contributed by atoms with Crippen LogP contribution < -0.4 is 15.0 Å². The van der Waals surface area contributed by atoms with Crippen LogP contribution in [0.4, 0.5) is 5.69 Å². The number of nitrogens with zero attached hydrogens (tertiary/aromatic N) is 4. The Hall–Kier alpha value is -1.26. The third kappa shape index (κ3) is 7.16. The molecular weight excluding hydrogens is 493 g/mol. The fourth-order valence-corrected chi connectivity index (χ4v) is 4.19. The molecule has 1 aromatic carbocycles. The van der Waals surface area contributed by atoms with Gasteiger partial charge in [0, 0.05) is 65.2 Å². The van der Waals surface area contributed by atoms with Crippen LogP contribution in [0.2, 0.25) is 0 Å². The molecule has 30 heavy (non-hydrogen) atoms. The molecule has 2 aliphatic rings. The highest BCUT2D eigenvalue weighted by Crippen LogP contribution is 2.22. The largest absolute Gasteiger partial charge is 0.497 e. The lowest BCUT2D eigenvalue weighted by Crippen LogP contribution is -2.53. The monoisotopic (exact) mass is 531 g/mol. The Bertz CT molecular complexity index is 644. The van der Waals surface area contributed by atoms with Gasteiger partial charge in [-0.25, -0.2) is 0 Å². The third-order valence-corrected chi connectivity index (χ3v) is 6.08. The SMILES string of the molecule is CN=C(NCC1CCN(CCOC)CC1)N1CCN(c2cccc(OC)c2)CC1.I. The normalized spacial score (nSPS) is 18.8. The molecular formula is C22H38IN5O2. The van der Waals surface area contributed by atoms with Crippen molar-refractivity contribution in [3.63, 3.8) is 0 Å². The molecule has 0 unspecified atom stereocenters. The second kappa shape index (κ2) is 13.2. The van der Waals surface area contributed by atoms with Crippen molar-refractivity contribution in [3.8, 4) is 5.75 Å². The summed E-state index contributed by atoms with van der Waals surface area (Å²) < 4.78 is 10.6. The molecule has 8 heteroatoms. The molecule has 2 saturated heterocycles. The number of guanidine groups is 1. The number of hydrogen-bond acceptors (Lipinski definition) is 5. The number of methoxy groups -OCH3 is 2. The lowest BCUT2D eigenvalue weighted by atomic mass is 9.97. The number of likely N-dealkylation sites (tertiary alicyclic amines) is 1. The minimum Gasteiger partial charge on any atom is -0.497 e. The Morgan fingerprint density at radius 1 is 1.10 bits per heavy atom. The molecule has 0 amide bonds. The van der Waals surface area contributed by atoms with E-state index in [4.69, 9.17) is 9.47 Å². The molecule has 2 aliphatic heterocycles. The zero-order valence-corrected chi connectivity index (χ0v) is 21.0. The summed E-state index contributed by atoms with van der Waals surface area (Å²) in [5.74, 6) is 2.68. The number of benzene rings is 1. The van der Waals surface area contributed by atoms with Gasteiger partial charge in [-0.05, 0) is 44.0 Å². The number of nitrogens with one attached hydrogen (secondary N) is 1. The van der Waals surface area contributed by atoms with Gasteiger partial charge in [-0.2, -0.15) is 0 Å². The minimum atomic E-state index is 0. The maximum Gasteiger partial charge on any atom is 0.193 e. The van der Waals surface area contributed by atoms with Gasteiger partial charge in [0.25, 0.3) is 0 Å². The molecule has 0 spiro atoms. The minimum absolute atomic E-state index is 0. The molecule has 0 atom stereocenters. The maximum absolute atomic E-state index is 5.36. The molecule has 1 N–H and O–H groups in total. The van der Waals surface area contributed by atoms with Gasteiger partial charge in [0.05, 0.1) is 13.7 Å². The van der Waals surface area contributed by atoms with Crippen molar-refractivity contribution in [2.24, 2.45) is 10.9 Å². The highest BCUT2D eigenvalue weighted by Gasteiger charge is 2.22. The number of aliphatic imine (C=N–C) groups is 1. The van der Waals surface area contributed by atoms with Crippen LogP contribution in [0.25, 0.3) is 0 Å². The van der Waals surface area contributed by atoms with Gasteiger partial charge >= 0.3 is 0 Å². The fourth-order valence-electron chi connectivity index (χ4n) is 4.19. The van der Waals surface area contributed by atoms with Crippen molar-refractivity contribution in [3.05, 3.63) is 24.3 Å². The summed E-state index contributed by atoms with van der Waals surface area (Å²) in [6.07, 6.45) is 2.49. The summed E-state index contributed by atoms with van der Waals surface area (Å²) in [5.41, 5.74) is 1.23. The van der Waals surface area contributed by atoms with Crippen molar-refractivity contribution in [2.45, 2.75) is 12.8 Å². The summed E-state index contributed by atoms with van der Waals surface area (Å²) >= 11 is 0. The summed E-state index contributed by atoms with van der Waals surface area (Å²) in [6.45, 7) is 9.19. The zero-order chi connectivity index (χ0) is 20.5. The Morgan fingerprint density at radius 2 is 1.83 bits per heavy atom. The van der Waals surface area contributed by atoms with E-state index in [2.05, 4.69) is 43.2 Å². The van der Waals surface area contributed by atoms with Crippen molar-refractivity contribution in [2.75, 3.05) is 85.1 Å². The molecule has 2 heterocycles. The molecule has 170 valence electrons. The zero-order valence-electron chi connectivity index (χ0n) is 18.7. The molecule has 0 bridgehead atoms. The summed E-state index contributed by atoms with van der Waals surface area (Å²) in [7, 11) is 5.39. The predicted octanol–water partition coefficient (Wildman–Crippen LogP) is 2.37.